The fraction of sp³-hybridized carbons (Fsp3) is 0.815. The molecule has 0 aromatic rings. The Kier molecular flexibility index (Phi) is 7.93. The molecule has 0 saturated heterocycles. The summed E-state index contributed by atoms with van der Waals surface area (Å²) in [5.74, 6) is 0.353. The van der Waals surface area contributed by atoms with Gasteiger partial charge < -0.3 is 9.08 Å². The second-order valence-electron chi connectivity index (χ2n) is 13.2. The van der Waals surface area contributed by atoms with Crippen LogP contribution < -0.4 is 0 Å². The number of allylic oxidation sites excluding steroid dienone is 1. The molecule has 2 N–H and O–H groups in total. The number of fused-ring (bicyclic) bond motifs is 3. The van der Waals surface area contributed by atoms with Crippen LogP contribution in [0.5, 0.6) is 0 Å². The molecule has 5 unspecified atom stereocenters. The van der Waals surface area contributed by atoms with E-state index < -0.39 is 26.3 Å². The molecule has 0 spiro atoms. The van der Waals surface area contributed by atoms with Gasteiger partial charge in [0.25, 0.3) is 10.1 Å². The third-order valence-electron chi connectivity index (χ3n) is 10.5. The fourth-order valence-corrected chi connectivity index (χ4v) is 9.68. The van der Waals surface area contributed by atoms with E-state index in [0.717, 1.165) is 30.4 Å². The van der Waals surface area contributed by atoms with Gasteiger partial charge in [-0.3, -0.25) is 13.9 Å². The first-order chi connectivity index (χ1) is 17.4. The van der Waals surface area contributed by atoms with Crippen LogP contribution in [0.25, 0.3) is 0 Å². The van der Waals surface area contributed by atoms with Crippen molar-refractivity contribution in [1.29, 1.82) is 0 Å². The highest BCUT2D eigenvalue weighted by molar-refractivity contribution is 7.85. The topological polar surface area (TPSA) is 138 Å². The quantitative estimate of drug-likeness (QED) is 0.312. The molecule has 1 heterocycles. The van der Waals surface area contributed by atoms with Gasteiger partial charge in [-0.2, -0.15) is 16.8 Å². The molecule has 5 atom stereocenters. The van der Waals surface area contributed by atoms with Crippen LogP contribution in [0.3, 0.4) is 0 Å². The summed E-state index contributed by atoms with van der Waals surface area (Å²) in [6, 6.07) is 0. The number of rotatable bonds is 8. The Hall–Kier alpha value is -1.43. The van der Waals surface area contributed by atoms with E-state index in [9.17, 15) is 26.2 Å². The molecule has 0 aromatic heterocycles. The predicted octanol–water partition coefficient (Wildman–Crippen LogP) is 4.79. The first-order valence-corrected chi connectivity index (χ1v) is 16.7. The van der Waals surface area contributed by atoms with Crippen LogP contribution in [0.4, 0.5) is 0 Å². The molecule has 3 aliphatic carbocycles. The summed E-state index contributed by atoms with van der Waals surface area (Å²) >= 11 is 0. The third-order valence-corrected chi connectivity index (χ3v) is 11.6. The van der Waals surface area contributed by atoms with E-state index in [4.69, 9.17) is 8.74 Å². The highest BCUT2D eigenvalue weighted by Gasteiger charge is 2.61. The average Bonchev–Trinajstić information content (AvgIpc) is 3.12. The van der Waals surface area contributed by atoms with E-state index in [0.29, 0.717) is 37.6 Å². The van der Waals surface area contributed by atoms with Crippen LogP contribution in [0, 0.1) is 34.0 Å². The lowest BCUT2D eigenvalue weighted by molar-refractivity contribution is -0.154. The fourth-order valence-electron chi connectivity index (χ4n) is 8.98. The monoisotopic (exact) mass is 573 g/mol. The molecule has 4 rings (SSSR count). The number of nitrogens with zero attached hydrogens (tertiary/aromatic N) is 1. The lowest BCUT2D eigenvalue weighted by Gasteiger charge is -2.66. The van der Waals surface area contributed by atoms with Crippen molar-refractivity contribution in [1.82, 2.24) is 4.90 Å². The summed E-state index contributed by atoms with van der Waals surface area (Å²) < 4.78 is 68.1. The number of carbonyl (C=O) groups excluding carboxylic acids is 1. The second kappa shape index (κ2) is 10.2. The molecule has 0 bridgehead atoms. The Bertz CT molecular complexity index is 1220. The van der Waals surface area contributed by atoms with Gasteiger partial charge >= 0.3 is 10.4 Å². The standard InChI is InChI=1S/C27H43NO8S2/c1-25(2)11-5-12-27(4)22(25)10-13-26(3)21(20(7-9-23(26)27)18-36-38(33,34)35)8-6-19-16-24(29)28(17-19)14-15-37(30,31)32/h16,18,21-23H,5-15,17H2,1-4H3,(H,30,31,32)(H,33,34,35). The smallest absolute Gasteiger partial charge is 0.370 e. The zero-order valence-corrected chi connectivity index (χ0v) is 24.6. The first kappa shape index (κ1) is 29.6. The van der Waals surface area contributed by atoms with Crippen molar-refractivity contribution in [2.24, 2.45) is 34.0 Å². The Labute approximate surface area is 227 Å². The van der Waals surface area contributed by atoms with E-state index in [-0.39, 0.29) is 34.6 Å². The molecule has 38 heavy (non-hydrogen) atoms. The van der Waals surface area contributed by atoms with Crippen molar-refractivity contribution >= 4 is 26.4 Å². The van der Waals surface area contributed by atoms with Crippen molar-refractivity contribution < 1.29 is 34.9 Å². The molecule has 11 heteroatoms. The number of hydrogen-bond donors (Lipinski definition) is 2. The minimum atomic E-state index is -4.61. The largest absolute Gasteiger partial charge is 0.445 e. The van der Waals surface area contributed by atoms with Crippen LogP contribution >= 0.6 is 0 Å². The molecular formula is C27H43NO8S2. The van der Waals surface area contributed by atoms with Crippen molar-refractivity contribution in [3.05, 3.63) is 23.5 Å². The maximum absolute atomic E-state index is 12.4. The van der Waals surface area contributed by atoms with Gasteiger partial charge in [-0.15, -0.1) is 0 Å². The molecule has 1 aliphatic heterocycles. The molecule has 0 aromatic carbocycles. The maximum atomic E-state index is 12.4. The zero-order chi connectivity index (χ0) is 28.1. The van der Waals surface area contributed by atoms with Crippen LogP contribution in [-0.4, -0.2) is 55.6 Å². The summed E-state index contributed by atoms with van der Waals surface area (Å²) in [6.45, 7) is 9.85. The predicted molar refractivity (Wildman–Crippen MR) is 144 cm³/mol. The van der Waals surface area contributed by atoms with Crippen LogP contribution in [-0.2, 0) is 29.5 Å². The zero-order valence-electron chi connectivity index (χ0n) is 23.0. The Balaban J connectivity index is 1.57. The molecule has 9 nitrogen and oxygen atoms in total. The molecule has 3 saturated carbocycles. The van der Waals surface area contributed by atoms with Gasteiger partial charge in [0.2, 0.25) is 5.91 Å². The molecule has 4 aliphatic rings. The van der Waals surface area contributed by atoms with E-state index in [1.807, 2.05) is 0 Å². The normalized spacial score (nSPS) is 36.5. The lowest BCUT2D eigenvalue weighted by Crippen LogP contribution is -2.58. The summed E-state index contributed by atoms with van der Waals surface area (Å²) in [6.07, 6.45) is 11.5. The maximum Gasteiger partial charge on any atom is 0.445 e. The lowest BCUT2D eigenvalue weighted by atomic mass is 9.39. The Morgan fingerprint density at radius 2 is 1.74 bits per heavy atom. The minimum Gasteiger partial charge on any atom is -0.370 e. The molecule has 3 fully saturated rings. The molecule has 0 radical (unpaired) electrons. The highest BCUT2D eigenvalue weighted by atomic mass is 32.3. The van der Waals surface area contributed by atoms with Gasteiger partial charge in [0.15, 0.2) is 0 Å². The molecule has 1 amide bonds. The summed E-state index contributed by atoms with van der Waals surface area (Å²) in [5, 5.41) is 0. The number of hydrogen-bond acceptors (Lipinski definition) is 6. The minimum absolute atomic E-state index is 0.0219. The highest BCUT2D eigenvalue weighted by Crippen LogP contribution is 2.69. The van der Waals surface area contributed by atoms with Crippen molar-refractivity contribution in [2.45, 2.75) is 85.5 Å². The summed E-state index contributed by atoms with van der Waals surface area (Å²) in [4.78, 5) is 13.8. The van der Waals surface area contributed by atoms with Gasteiger partial charge in [-0.05, 0) is 96.5 Å². The van der Waals surface area contributed by atoms with Crippen LogP contribution in [0.2, 0.25) is 0 Å². The third kappa shape index (κ3) is 6.00. The number of carbonyl (C=O) groups is 1. The van der Waals surface area contributed by atoms with Gasteiger partial charge in [0.05, 0.1) is 5.75 Å². The first-order valence-electron chi connectivity index (χ1n) is 13.7. The SMILES string of the molecule is CC1(C)CCCC2(C)C1CCC1(C)C(CCC3=CC(=O)N(CCS(=O)(=O)O)C3)C(=COS(=O)(=O)O)CCC12. The van der Waals surface area contributed by atoms with E-state index in [1.54, 1.807) is 6.08 Å². The summed E-state index contributed by atoms with van der Waals surface area (Å²) in [5.41, 5.74) is 2.17. The summed E-state index contributed by atoms with van der Waals surface area (Å²) in [7, 11) is -8.78. The van der Waals surface area contributed by atoms with E-state index in [1.165, 1.54) is 30.4 Å². The van der Waals surface area contributed by atoms with Gasteiger partial charge in [-0.1, -0.05) is 34.1 Å². The van der Waals surface area contributed by atoms with Gasteiger partial charge in [-0.25, -0.2) is 0 Å². The Morgan fingerprint density at radius 3 is 2.39 bits per heavy atom. The van der Waals surface area contributed by atoms with Crippen LogP contribution in [0.1, 0.15) is 85.5 Å². The number of amides is 1. The van der Waals surface area contributed by atoms with Gasteiger partial charge in [0, 0.05) is 19.2 Å². The Morgan fingerprint density at radius 1 is 1.03 bits per heavy atom. The van der Waals surface area contributed by atoms with E-state index in [2.05, 4.69) is 27.7 Å². The molecular weight excluding hydrogens is 530 g/mol. The second-order valence-corrected chi connectivity index (χ2v) is 15.8. The van der Waals surface area contributed by atoms with Crippen molar-refractivity contribution in [3.8, 4) is 0 Å². The van der Waals surface area contributed by atoms with E-state index >= 15 is 0 Å². The van der Waals surface area contributed by atoms with Crippen LogP contribution in [0.15, 0.2) is 23.5 Å². The molecule has 216 valence electrons. The van der Waals surface area contributed by atoms with Crippen molar-refractivity contribution in [2.75, 3.05) is 18.8 Å². The average molecular weight is 574 g/mol. The van der Waals surface area contributed by atoms with Crippen molar-refractivity contribution in [3.63, 3.8) is 0 Å². The van der Waals surface area contributed by atoms with Gasteiger partial charge in [0.1, 0.15) is 6.26 Å².